The molecule has 1 aliphatic heterocycles. The summed E-state index contributed by atoms with van der Waals surface area (Å²) in [6.45, 7) is 8.21. The van der Waals surface area contributed by atoms with E-state index in [0.29, 0.717) is 10.0 Å². The molecule has 1 heterocycles. The number of carbonyl (C=O) groups excluding carboxylic acids is 2. The summed E-state index contributed by atoms with van der Waals surface area (Å²) in [6.07, 6.45) is -1.35. The van der Waals surface area contributed by atoms with Gasteiger partial charge in [0.2, 0.25) is 5.91 Å². The average molecular weight is 570 g/mol. The van der Waals surface area contributed by atoms with Gasteiger partial charge >= 0.3 is 0 Å². The molecule has 0 aliphatic carbocycles. The Morgan fingerprint density at radius 1 is 1.08 bits per heavy atom. The first-order valence-electron chi connectivity index (χ1n) is 12.2. The van der Waals surface area contributed by atoms with Gasteiger partial charge in [-0.2, -0.15) is 0 Å². The topological polar surface area (TPSA) is 92.8 Å². The molecule has 37 heavy (non-hydrogen) atoms. The first-order chi connectivity index (χ1) is 17.2. The highest BCUT2D eigenvalue weighted by atomic mass is 35.5. The van der Waals surface area contributed by atoms with E-state index in [1.807, 2.05) is 31.2 Å². The number of sulfone groups is 1. The Hall–Kier alpha value is -2.13. The summed E-state index contributed by atoms with van der Waals surface area (Å²) in [5.41, 5.74) is 1.54. The molecule has 1 fully saturated rings. The van der Waals surface area contributed by atoms with Gasteiger partial charge in [0.15, 0.2) is 15.9 Å². The number of hydrogen-bond acceptors (Lipinski definition) is 5. The summed E-state index contributed by atoms with van der Waals surface area (Å²) in [5.74, 6) is -0.688. The van der Waals surface area contributed by atoms with E-state index in [1.165, 1.54) is 6.92 Å². The number of hydrogen-bond donors (Lipinski definition) is 1. The number of amides is 2. The number of rotatable bonds is 8. The van der Waals surface area contributed by atoms with Crippen LogP contribution in [0.25, 0.3) is 0 Å². The van der Waals surface area contributed by atoms with Crippen LogP contribution in [0.1, 0.15) is 64.3 Å². The van der Waals surface area contributed by atoms with Crippen LogP contribution in [-0.4, -0.2) is 54.3 Å². The predicted octanol–water partition coefficient (Wildman–Crippen LogP) is 5.13. The number of morpholine rings is 1. The third kappa shape index (κ3) is 7.05. The Morgan fingerprint density at radius 3 is 2.30 bits per heavy atom. The molecule has 2 amide bonds. The molecular formula is C27H34Cl2N2O5S. The summed E-state index contributed by atoms with van der Waals surface area (Å²) in [5, 5.41) is 3.74. The molecule has 1 aliphatic rings. The van der Waals surface area contributed by atoms with Gasteiger partial charge < -0.3 is 15.0 Å². The normalized spacial score (nSPS) is 21.5. The molecule has 4 atom stereocenters. The molecule has 2 aromatic carbocycles. The molecule has 1 N–H and O–H groups in total. The number of halogens is 2. The van der Waals surface area contributed by atoms with Crippen molar-refractivity contribution < 1.29 is 22.7 Å². The van der Waals surface area contributed by atoms with Crippen molar-refractivity contribution in [2.24, 2.45) is 0 Å². The third-order valence-electron chi connectivity index (χ3n) is 6.56. The average Bonchev–Trinajstić information content (AvgIpc) is 2.81. The van der Waals surface area contributed by atoms with E-state index < -0.39 is 38.9 Å². The van der Waals surface area contributed by atoms with Gasteiger partial charge in [-0.3, -0.25) is 9.59 Å². The molecule has 0 saturated carbocycles. The summed E-state index contributed by atoms with van der Waals surface area (Å²) < 4.78 is 31.2. The fourth-order valence-electron chi connectivity index (χ4n) is 4.33. The molecule has 0 spiro atoms. The zero-order valence-electron chi connectivity index (χ0n) is 21.7. The zero-order valence-corrected chi connectivity index (χ0v) is 24.0. The van der Waals surface area contributed by atoms with Gasteiger partial charge in [0, 0.05) is 23.0 Å². The molecular weight excluding hydrogens is 535 g/mol. The van der Waals surface area contributed by atoms with Crippen LogP contribution in [0.15, 0.2) is 48.5 Å². The second-order valence-electron chi connectivity index (χ2n) is 10.3. The quantitative estimate of drug-likeness (QED) is 0.476. The van der Waals surface area contributed by atoms with E-state index in [2.05, 4.69) is 5.32 Å². The van der Waals surface area contributed by atoms with Gasteiger partial charge in [0.1, 0.15) is 6.10 Å². The lowest BCUT2D eigenvalue weighted by Gasteiger charge is -2.47. The largest absolute Gasteiger partial charge is 0.356 e. The van der Waals surface area contributed by atoms with Crippen molar-refractivity contribution >= 4 is 44.9 Å². The maximum absolute atomic E-state index is 13.8. The van der Waals surface area contributed by atoms with Gasteiger partial charge in [0.05, 0.1) is 23.1 Å². The van der Waals surface area contributed by atoms with Crippen molar-refractivity contribution in [1.82, 2.24) is 10.2 Å². The molecule has 202 valence electrons. The summed E-state index contributed by atoms with van der Waals surface area (Å²) in [4.78, 5) is 27.2. The van der Waals surface area contributed by atoms with Gasteiger partial charge in [-0.05, 0) is 69.5 Å². The van der Waals surface area contributed by atoms with E-state index in [1.54, 1.807) is 49.9 Å². The minimum atomic E-state index is -3.40. The summed E-state index contributed by atoms with van der Waals surface area (Å²) in [7, 11) is -3.40. The Labute approximate surface area is 229 Å². The third-order valence-corrected chi connectivity index (χ3v) is 9.69. The number of nitrogens with zero attached hydrogens (tertiary/aromatic N) is 1. The maximum Gasteiger partial charge on any atom is 0.254 e. The smallest absolute Gasteiger partial charge is 0.254 e. The maximum atomic E-state index is 13.8. The van der Waals surface area contributed by atoms with Crippen LogP contribution >= 0.6 is 23.2 Å². The fourth-order valence-corrected chi connectivity index (χ4v) is 5.92. The second-order valence-corrected chi connectivity index (χ2v) is 14.1. The van der Waals surface area contributed by atoms with Crippen LogP contribution < -0.4 is 5.32 Å². The fraction of sp³-hybridized carbons (Fsp3) is 0.481. The van der Waals surface area contributed by atoms with Crippen LogP contribution in [0, 0.1) is 0 Å². The summed E-state index contributed by atoms with van der Waals surface area (Å²) in [6, 6.07) is 13.3. The highest BCUT2D eigenvalue weighted by Gasteiger charge is 2.46. The van der Waals surface area contributed by atoms with Crippen molar-refractivity contribution in [3.63, 3.8) is 0 Å². The minimum absolute atomic E-state index is 0.0118. The van der Waals surface area contributed by atoms with Crippen molar-refractivity contribution in [3.05, 3.63) is 69.7 Å². The highest BCUT2D eigenvalue weighted by molar-refractivity contribution is 7.92. The Bertz CT molecular complexity index is 1230. The molecule has 3 rings (SSSR count). The van der Waals surface area contributed by atoms with Crippen molar-refractivity contribution in [2.75, 3.05) is 12.3 Å². The lowest BCUT2D eigenvalue weighted by Crippen LogP contribution is -2.57. The van der Waals surface area contributed by atoms with Crippen LogP contribution in [0.4, 0.5) is 0 Å². The molecule has 1 saturated heterocycles. The molecule has 10 heteroatoms. The van der Waals surface area contributed by atoms with E-state index >= 15 is 0 Å². The number of carbonyl (C=O) groups is 2. The van der Waals surface area contributed by atoms with Gasteiger partial charge in [-0.1, -0.05) is 47.5 Å². The monoisotopic (exact) mass is 568 g/mol. The van der Waals surface area contributed by atoms with Gasteiger partial charge in [-0.15, -0.1) is 0 Å². The first-order valence-corrected chi connectivity index (χ1v) is 14.6. The van der Waals surface area contributed by atoms with E-state index in [9.17, 15) is 18.0 Å². The molecule has 2 aromatic rings. The second kappa shape index (κ2) is 11.7. The minimum Gasteiger partial charge on any atom is -0.356 e. The molecule has 7 nitrogen and oxygen atoms in total. The molecule has 0 unspecified atom stereocenters. The highest BCUT2D eigenvalue weighted by Crippen LogP contribution is 2.44. The van der Waals surface area contributed by atoms with Crippen molar-refractivity contribution in [3.8, 4) is 0 Å². The van der Waals surface area contributed by atoms with Crippen molar-refractivity contribution in [2.45, 2.75) is 70.1 Å². The Morgan fingerprint density at radius 2 is 1.73 bits per heavy atom. The standard InChI is InChI=1S/C27H34Cl2N2O5S/c1-17(13-14-37(34,35)27(3,4)5)31-24(19-9-11-21(28)12-10-19)25(20-7-6-8-22(29)15-20)36-23(26(31)33)16-30-18(2)32/h6-12,15,17,23-25H,13-14,16H2,1-5H3,(H,30,32)/t17-,23-,24+,25+/m0/s1. The predicted molar refractivity (Wildman–Crippen MR) is 146 cm³/mol. The van der Waals surface area contributed by atoms with Gasteiger partial charge in [-0.25, -0.2) is 8.42 Å². The molecule has 0 aromatic heterocycles. The lowest BCUT2D eigenvalue weighted by molar-refractivity contribution is -0.178. The first kappa shape index (κ1) is 29.4. The number of nitrogens with one attached hydrogen (secondary N) is 1. The van der Waals surface area contributed by atoms with E-state index in [0.717, 1.165) is 11.1 Å². The number of ether oxygens (including phenoxy) is 1. The van der Waals surface area contributed by atoms with Crippen LogP contribution in [0.3, 0.4) is 0 Å². The Kier molecular flexibility index (Phi) is 9.32. The SMILES string of the molecule is CC(=O)NC[C@@H]1O[C@H](c2cccc(Cl)c2)[C@@H](c2ccc(Cl)cc2)N([C@@H](C)CCS(=O)(=O)C(C)(C)C)C1=O. The van der Waals surface area contributed by atoms with Crippen LogP contribution in [-0.2, 0) is 24.2 Å². The number of benzene rings is 2. The van der Waals surface area contributed by atoms with E-state index in [4.69, 9.17) is 27.9 Å². The lowest BCUT2D eigenvalue weighted by atomic mass is 9.90. The molecule has 0 radical (unpaired) electrons. The van der Waals surface area contributed by atoms with Crippen molar-refractivity contribution in [1.29, 1.82) is 0 Å². The van der Waals surface area contributed by atoms with E-state index in [-0.39, 0.29) is 30.5 Å². The Balaban J connectivity index is 2.08. The molecule has 0 bridgehead atoms. The summed E-state index contributed by atoms with van der Waals surface area (Å²) >= 11 is 12.5. The van der Waals surface area contributed by atoms with Crippen LogP contribution in [0.5, 0.6) is 0 Å². The van der Waals surface area contributed by atoms with Crippen LogP contribution in [0.2, 0.25) is 10.0 Å². The van der Waals surface area contributed by atoms with Gasteiger partial charge in [0.25, 0.3) is 5.91 Å². The zero-order chi connectivity index (χ0) is 27.5.